The average Bonchev–Trinajstić information content (AvgIpc) is 1.33. The maximum absolute atomic E-state index is 8.35. The molecule has 0 bridgehead atoms. The Morgan fingerprint density at radius 2 is 1.71 bits per heavy atom. The molecule has 0 heterocycles. The SMILES string of the molecule is N=C=O.NC(N)=S. The molecule has 5 heteroatoms. The molecular formula is C2H5N3OS. The molecule has 0 aromatic rings. The Bertz CT molecular complexity index is 80.9. The first-order valence-corrected chi connectivity index (χ1v) is 1.64. The Kier molecular flexibility index (Phi) is 12.0. The van der Waals surface area contributed by atoms with Crippen molar-refractivity contribution in [3.63, 3.8) is 0 Å². The van der Waals surface area contributed by atoms with Crippen molar-refractivity contribution in [2.24, 2.45) is 11.5 Å². The molecule has 0 spiro atoms. The second kappa shape index (κ2) is 8.91. The topological polar surface area (TPSA) is 93.0 Å². The monoisotopic (exact) mass is 119 g/mol. The zero-order valence-electron chi connectivity index (χ0n) is 3.47. The molecule has 0 saturated heterocycles. The summed E-state index contributed by atoms with van der Waals surface area (Å²) in [6.07, 6.45) is 0.750. The quantitative estimate of drug-likeness (QED) is 0.218. The van der Waals surface area contributed by atoms with E-state index in [1.165, 1.54) is 0 Å². The summed E-state index contributed by atoms with van der Waals surface area (Å²) in [6.45, 7) is 0. The van der Waals surface area contributed by atoms with Crippen molar-refractivity contribution in [1.29, 1.82) is 5.41 Å². The van der Waals surface area contributed by atoms with Gasteiger partial charge in [-0.1, -0.05) is 0 Å². The Hall–Kier alpha value is -0.930. The third-order valence-electron chi connectivity index (χ3n) is 0. The van der Waals surface area contributed by atoms with Gasteiger partial charge in [0, 0.05) is 0 Å². The van der Waals surface area contributed by atoms with Crippen molar-refractivity contribution in [2.45, 2.75) is 0 Å². The van der Waals surface area contributed by atoms with E-state index in [0.717, 1.165) is 6.08 Å². The number of nitrogens with two attached hydrogens (primary N) is 2. The van der Waals surface area contributed by atoms with Gasteiger partial charge >= 0.3 is 0 Å². The van der Waals surface area contributed by atoms with Crippen molar-refractivity contribution in [3.8, 4) is 0 Å². The third-order valence-corrected chi connectivity index (χ3v) is 0. The number of carbonyl (C=O) groups excluding carboxylic acids is 1. The molecule has 0 rings (SSSR count). The van der Waals surface area contributed by atoms with Crippen LogP contribution in [0.25, 0.3) is 0 Å². The molecule has 0 radical (unpaired) electrons. The lowest BCUT2D eigenvalue weighted by Gasteiger charge is -1.68. The predicted molar refractivity (Wildman–Crippen MR) is 29.4 cm³/mol. The highest BCUT2D eigenvalue weighted by atomic mass is 32.1. The van der Waals surface area contributed by atoms with Crippen molar-refractivity contribution < 1.29 is 4.79 Å². The van der Waals surface area contributed by atoms with Gasteiger partial charge in [-0.05, 0) is 12.2 Å². The fourth-order valence-electron chi connectivity index (χ4n) is 0. The molecule has 0 saturated carbocycles. The van der Waals surface area contributed by atoms with E-state index in [-0.39, 0.29) is 5.11 Å². The molecular weight excluding hydrogens is 114 g/mol. The Labute approximate surface area is 46.0 Å². The highest BCUT2D eigenvalue weighted by molar-refractivity contribution is 7.80. The lowest BCUT2D eigenvalue weighted by molar-refractivity contribution is 0.563. The highest BCUT2D eigenvalue weighted by Crippen LogP contribution is 1.32. The minimum absolute atomic E-state index is 0.000000000000000222. The van der Waals surface area contributed by atoms with Crippen LogP contribution < -0.4 is 11.5 Å². The largest absolute Gasteiger partial charge is 0.377 e. The summed E-state index contributed by atoms with van der Waals surface area (Å²) in [7, 11) is 0. The molecule has 0 aliphatic heterocycles. The molecule has 7 heavy (non-hydrogen) atoms. The number of rotatable bonds is 0. The Morgan fingerprint density at radius 1 is 1.71 bits per heavy atom. The van der Waals surface area contributed by atoms with Gasteiger partial charge in [-0.2, -0.15) is 0 Å². The van der Waals surface area contributed by atoms with Gasteiger partial charge in [-0.25, -0.2) is 10.2 Å². The van der Waals surface area contributed by atoms with E-state index in [9.17, 15) is 0 Å². The predicted octanol–water partition coefficient (Wildman–Crippen LogP) is -0.910. The third kappa shape index (κ3) is 55.2. The zero-order valence-corrected chi connectivity index (χ0v) is 4.29. The molecule has 0 amide bonds. The summed E-state index contributed by atoms with van der Waals surface area (Å²) in [6, 6.07) is 0. The van der Waals surface area contributed by atoms with Crippen LogP contribution in [0.1, 0.15) is 0 Å². The van der Waals surface area contributed by atoms with Crippen LogP contribution in [0.3, 0.4) is 0 Å². The van der Waals surface area contributed by atoms with Crippen LogP contribution >= 0.6 is 12.2 Å². The first-order chi connectivity index (χ1) is 3.15. The van der Waals surface area contributed by atoms with Crippen LogP contribution in [-0.4, -0.2) is 11.2 Å². The molecule has 5 N–H and O–H groups in total. The lowest BCUT2D eigenvalue weighted by Crippen LogP contribution is -2.18. The smallest absolute Gasteiger partial charge is 0.231 e. The molecule has 40 valence electrons. The van der Waals surface area contributed by atoms with E-state index in [2.05, 4.69) is 23.7 Å². The first kappa shape index (κ1) is 9.42. The van der Waals surface area contributed by atoms with E-state index in [4.69, 9.17) is 10.2 Å². The first-order valence-electron chi connectivity index (χ1n) is 1.24. The second-order valence-corrected chi connectivity index (χ2v) is 0.976. The van der Waals surface area contributed by atoms with E-state index in [1.807, 2.05) is 0 Å². The summed E-state index contributed by atoms with van der Waals surface area (Å²) >= 11 is 4.09. The van der Waals surface area contributed by atoms with Gasteiger partial charge in [0.25, 0.3) is 0 Å². The number of thiocarbonyl (C=S) groups is 1. The van der Waals surface area contributed by atoms with Crippen LogP contribution in [0.15, 0.2) is 0 Å². The van der Waals surface area contributed by atoms with Gasteiger partial charge < -0.3 is 11.5 Å². The van der Waals surface area contributed by atoms with E-state index in [0.29, 0.717) is 0 Å². The van der Waals surface area contributed by atoms with Gasteiger partial charge in [-0.3, -0.25) is 0 Å². The second-order valence-electron chi connectivity index (χ2n) is 0.504. The van der Waals surface area contributed by atoms with Crippen LogP contribution in [0.2, 0.25) is 0 Å². The van der Waals surface area contributed by atoms with Crippen LogP contribution in [-0.2, 0) is 4.79 Å². The maximum atomic E-state index is 8.35. The standard InChI is InChI=1S/CH4N2S.CHNO/c2-1(3)4;2-1-3/h(H4,2,3,4);2H. The molecule has 0 atom stereocenters. The fraction of sp³-hybridized carbons (Fsp3) is 0. The average molecular weight is 119 g/mol. The Balaban J connectivity index is 0. The number of nitrogens with one attached hydrogen (secondary N) is 1. The van der Waals surface area contributed by atoms with E-state index >= 15 is 0 Å². The molecule has 0 aliphatic carbocycles. The molecule has 0 aliphatic rings. The highest BCUT2D eigenvalue weighted by Gasteiger charge is 1.53. The van der Waals surface area contributed by atoms with Gasteiger partial charge in [0.15, 0.2) is 5.11 Å². The summed E-state index contributed by atoms with van der Waals surface area (Å²) in [5.74, 6) is 0. The van der Waals surface area contributed by atoms with Crippen LogP contribution in [0.4, 0.5) is 0 Å². The molecule has 0 fully saturated rings. The van der Waals surface area contributed by atoms with Crippen molar-refractivity contribution in [2.75, 3.05) is 0 Å². The minimum atomic E-state index is 0.000000000000000222. The van der Waals surface area contributed by atoms with Gasteiger partial charge in [-0.15, -0.1) is 0 Å². The fourth-order valence-corrected chi connectivity index (χ4v) is 0. The lowest BCUT2D eigenvalue weighted by atomic mass is 11.3. The summed E-state index contributed by atoms with van der Waals surface area (Å²) in [5.41, 5.74) is 9.24. The van der Waals surface area contributed by atoms with Gasteiger partial charge in [0.05, 0.1) is 0 Å². The molecule has 0 aromatic carbocycles. The van der Waals surface area contributed by atoms with Gasteiger partial charge in [0.1, 0.15) is 0 Å². The molecule has 0 unspecified atom stereocenters. The van der Waals surface area contributed by atoms with Crippen molar-refractivity contribution in [1.82, 2.24) is 0 Å². The van der Waals surface area contributed by atoms with Crippen molar-refractivity contribution in [3.05, 3.63) is 0 Å². The molecule has 4 nitrogen and oxygen atoms in total. The number of isocyanates is 1. The van der Waals surface area contributed by atoms with E-state index < -0.39 is 0 Å². The Morgan fingerprint density at radius 3 is 1.71 bits per heavy atom. The van der Waals surface area contributed by atoms with Crippen molar-refractivity contribution >= 4 is 23.4 Å². The van der Waals surface area contributed by atoms with E-state index in [1.54, 1.807) is 0 Å². The number of hydrogen-bond donors (Lipinski definition) is 3. The minimum Gasteiger partial charge on any atom is -0.377 e. The zero-order chi connectivity index (χ0) is 6.28. The summed E-state index contributed by atoms with van der Waals surface area (Å²) in [5, 5.41) is 5.40. The van der Waals surface area contributed by atoms with Gasteiger partial charge in [0.2, 0.25) is 6.08 Å². The number of hydrogen-bond acceptors (Lipinski definition) is 3. The normalized spacial score (nSPS) is 4.57. The van der Waals surface area contributed by atoms with Crippen LogP contribution in [0.5, 0.6) is 0 Å². The van der Waals surface area contributed by atoms with Crippen LogP contribution in [0, 0.1) is 5.41 Å². The maximum Gasteiger partial charge on any atom is 0.231 e. The molecule has 0 aromatic heterocycles. The summed E-state index contributed by atoms with van der Waals surface area (Å²) < 4.78 is 0. The summed E-state index contributed by atoms with van der Waals surface area (Å²) in [4.78, 5) is 8.35.